The van der Waals surface area contributed by atoms with Gasteiger partial charge in [0.25, 0.3) is 0 Å². The van der Waals surface area contributed by atoms with Gasteiger partial charge in [-0.3, -0.25) is 4.79 Å². The molecule has 0 bridgehead atoms. The van der Waals surface area contributed by atoms with Crippen molar-refractivity contribution in [1.82, 2.24) is 10.2 Å². The van der Waals surface area contributed by atoms with Gasteiger partial charge in [0.1, 0.15) is 0 Å². The number of rotatable bonds is 0. The highest BCUT2D eigenvalue weighted by Crippen LogP contribution is 2.34. The average molecular weight is 186 g/mol. The molecular formula is C8H14N2OS. The number of fused-ring (bicyclic) bond motifs is 1. The first-order chi connectivity index (χ1) is 5.61. The quantitative estimate of drug-likeness (QED) is 0.589. The monoisotopic (exact) mass is 186 g/mol. The minimum absolute atomic E-state index is 0.0784. The Kier molecular flexibility index (Phi) is 1.84. The molecule has 0 aliphatic carbocycles. The van der Waals surface area contributed by atoms with Gasteiger partial charge < -0.3 is 10.2 Å². The van der Waals surface area contributed by atoms with Crippen LogP contribution in [0.15, 0.2) is 0 Å². The second-order valence-electron chi connectivity index (χ2n) is 3.90. The lowest BCUT2D eigenvalue weighted by atomic mass is 10.0. The Hall–Kier alpha value is -0.220. The molecule has 2 rings (SSSR count). The molecule has 3 nitrogen and oxygen atoms in total. The molecule has 4 heteroatoms. The second-order valence-corrected chi connectivity index (χ2v) is 4.97. The Morgan fingerprint density at radius 3 is 3.08 bits per heavy atom. The van der Waals surface area contributed by atoms with E-state index in [9.17, 15) is 4.79 Å². The number of amides is 1. The maximum atomic E-state index is 11.4. The Bertz CT molecular complexity index is 217. The highest BCUT2D eigenvalue weighted by molar-refractivity contribution is 8.01. The Morgan fingerprint density at radius 2 is 2.42 bits per heavy atom. The maximum Gasteiger partial charge on any atom is 0.233 e. The Balaban J connectivity index is 2.21. The Morgan fingerprint density at radius 1 is 1.67 bits per heavy atom. The summed E-state index contributed by atoms with van der Waals surface area (Å²) in [6.07, 6.45) is 0. The van der Waals surface area contributed by atoms with Crippen LogP contribution in [0.2, 0.25) is 0 Å². The maximum absolute atomic E-state index is 11.4. The van der Waals surface area contributed by atoms with Gasteiger partial charge in [0.05, 0.1) is 11.1 Å². The van der Waals surface area contributed by atoms with E-state index in [1.165, 1.54) is 0 Å². The third-order valence-corrected chi connectivity index (χ3v) is 4.09. The summed E-state index contributed by atoms with van der Waals surface area (Å²) >= 11 is 1.76. The van der Waals surface area contributed by atoms with Crippen LogP contribution in [0.4, 0.5) is 0 Å². The van der Waals surface area contributed by atoms with E-state index < -0.39 is 0 Å². The van der Waals surface area contributed by atoms with Gasteiger partial charge in [-0.2, -0.15) is 0 Å². The van der Waals surface area contributed by atoms with Crippen LogP contribution >= 0.6 is 11.8 Å². The highest BCUT2D eigenvalue weighted by Gasteiger charge is 2.44. The van der Waals surface area contributed by atoms with Gasteiger partial charge in [-0.1, -0.05) is 0 Å². The van der Waals surface area contributed by atoms with Crippen molar-refractivity contribution in [3.05, 3.63) is 0 Å². The van der Waals surface area contributed by atoms with Crippen LogP contribution in [0.25, 0.3) is 0 Å². The molecule has 0 unspecified atom stereocenters. The molecule has 0 spiro atoms. The molecule has 12 heavy (non-hydrogen) atoms. The summed E-state index contributed by atoms with van der Waals surface area (Å²) in [5.41, 5.74) is 0.0784. The number of hydrogen-bond donors (Lipinski definition) is 1. The van der Waals surface area contributed by atoms with E-state index in [2.05, 4.69) is 19.2 Å². The summed E-state index contributed by atoms with van der Waals surface area (Å²) in [5, 5.41) is 3.78. The van der Waals surface area contributed by atoms with Crippen molar-refractivity contribution < 1.29 is 4.79 Å². The van der Waals surface area contributed by atoms with E-state index in [-0.39, 0.29) is 5.54 Å². The van der Waals surface area contributed by atoms with E-state index in [0.717, 1.165) is 13.1 Å². The fraction of sp³-hybridized carbons (Fsp3) is 0.875. The third-order valence-electron chi connectivity index (χ3n) is 2.52. The van der Waals surface area contributed by atoms with Gasteiger partial charge in [-0.05, 0) is 13.8 Å². The van der Waals surface area contributed by atoms with Crippen LogP contribution in [-0.4, -0.2) is 40.6 Å². The van der Waals surface area contributed by atoms with Gasteiger partial charge >= 0.3 is 0 Å². The summed E-state index contributed by atoms with van der Waals surface area (Å²) in [6, 6.07) is 0. The van der Waals surface area contributed by atoms with Crippen molar-refractivity contribution in [1.29, 1.82) is 0 Å². The van der Waals surface area contributed by atoms with E-state index >= 15 is 0 Å². The molecule has 1 N–H and O–H groups in total. The third kappa shape index (κ3) is 1.13. The first-order valence-corrected chi connectivity index (χ1v) is 5.32. The molecule has 2 fully saturated rings. The molecular weight excluding hydrogens is 172 g/mol. The summed E-state index contributed by atoms with van der Waals surface area (Å²) in [7, 11) is 0. The molecule has 2 saturated heterocycles. The fourth-order valence-corrected chi connectivity index (χ4v) is 3.25. The normalized spacial score (nSPS) is 33.7. The van der Waals surface area contributed by atoms with Crippen LogP contribution in [0.1, 0.15) is 13.8 Å². The molecule has 2 heterocycles. The lowest BCUT2D eigenvalue weighted by Gasteiger charge is -2.42. The lowest BCUT2D eigenvalue weighted by molar-refractivity contribution is -0.129. The van der Waals surface area contributed by atoms with Crippen molar-refractivity contribution in [2.75, 3.05) is 18.8 Å². The van der Waals surface area contributed by atoms with Crippen LogP contribution in [0.5, 0.6) is 0 Å². The standard InChI is InChI=1S/C8H14N2OS/c1-8(2)7-10(4-3-9-8)6(11)5-12-7/h7,9H,3-5H2,1-2H3/t7-/m1/s1. The van der Waals surface area contributed by atoms with E-state index in [1.54, 1.807) is 11.8 Å². The SMILES string of the molecule is CC1(C)NCCN2C(=O)CS[C@@H]21. The zero-order chi connectivity index (χ0) is 8.77. The van der Waals surface area contributed by atoms with Crippen molar-refractivity contribution in [2.24, 2.45) is 0 Å². The van der Waals surface area contributed by atoms with Gasteiger partial charge in [0.2, 0.25) is 5.91 Å². The molecule has 0 radical (unpaired) electrons. The van der Waals surface area contributed by atoms with Crippen molar-refractivity contribution in [3.8, 4) is 0 Å². The molecule has 68 valence electrons. The number of thioether (sulfide) groups is 1. The van der Waals surface area contributed by atoms with Crippen LogP contribution in [-0.2, 0) is 4.79 Å². The fourth-order valence-electron chi connectivity index (χ4n) is 1.88. The number of hydrogen-bond acceptors (Lipinski definition) is 3. The van der Waals surface area contributed by atoms with Crippen molar-refractivity contribution in [3.63, 3.8) is 0 Å². The topological polar surface area (TPSA) is 32.3 Å². The number of piperazine rings is 1. The van der Waals surface area contributed by atoms with Gasteiger partial charge in [0, 0.05) is 18.6 Å². The van der Waals surface area contributed by atoms with Gasteiger partial charge in [-0.25, -0.2) is 0 Å². The number of nitrogens with one attached hydrogen (secondary N) is 1. The molecule has 2 aliphatic rings. The molecule has 0 saturated carbocycles. The zero-order valence-corrected chi connectivity index (χ0v) is 8.28. The summed E-state index contributed by atoms with van der Waals surface area (Å²) in [4.78, 5) is 13.4. The van der Waals surface area contributed by atoms with Gasteiger partial charge in [0.15, 0.2) is 0 Å². The van der Waals surface area contributed by atoms with Crippen LogP contribution in [0.3, 0.4) is 0 Å². The molecule has 0 aromatic heterocycles. The summed E-state index contributed by atoms with van der Waals surface area (Å²) in [5.74, 6) is 0.968. The van der Waals surface area contributed by atoms with Crippen molar-refractivity contribution >= 4 is 17.7 Å². The molecule has 0 aromatic carbocycles. The Labute approximate surface area is 76.9 Å². The second kappa shape index (κ2) is 2.64. The average Bonchev–Trinajstić information content (AvgIpc) is 2.33. The lowest BCUT2D eigenvalue weighted by Crippen LogP contribution is -2.61. The van der Waals surface area contributed by atoms with E-state index in [0.29, 0.717) is 17.0 Å². The summed E-state index contributed by atoms with van der Waals surface area (Å²) in [6.45, 7) is 6.13. The molecule has 2 aliphatic heterocycles. The van der Waals surface area contributed by atoms with Gasteiger partial charge in [-0.15, -0.1) is 11.8 Å². The zero-order valence-electron chi connectivity index (χ0n) is 7.46. The highest BCUT2D eigenvalue weighted by atomic mass is 32.2. The van der Waals surface area contributed by atoms with Crippen LogP contribution in [0, 0.1) is 0 Å². The molecule has 1 atom stereocenters. The summed E-state index contributed by atoms with van der Waals surface area (Å²) < 4.78 is 0. The predicted molar refractivity (Wildman–Crippen MR) is 50.0 cm³/mol. The number of carbonyl (C=O) groups excluding carboxylic acids is 1. The van der Waals surface area contributed by atoms with E-state index in [1.807, 2.05) is 4.90 Å². The minimum atomic E-state index is 0.0784. The van der Waals surface area contributed by atoms with E-state index in [4.69, 9.17) is 0 Å². The predicted octanol–water partition coefficient (Wildman–Crippen LogP) is 0.270. The number of nitrogens with zero attached hydrogens (tertiary/aromatic N) is 1. The molecule has 0 aromatic rings. The largest absolute Gasteiger partial charge is 0.327 e. The first-order valence-electron chi connectivity index (χ1n) is 4.27. The first kappa shape index (κ1) is 8.38. The van der Waals surface area contributed by atoms with Crippen LogP contribution < -0.4 is 5.32 Å². The van der Waals surface area contributed by atoms with Crippen molar-refractivity contribution in [2.45, 2.75) is 24.8 Å². The minimum Gasteiger partial charge on any atom is -0.327 e. The smallest absolute Gasteiger partial charge is 0.233 e. The number of carbonyl (C=O) groups is 1. The molecule has 1 amide bonds.